The number of hydrogen-bond acceptors (Lipinski definition) is 3. The van der Waals surface area contributed by atoms with E-state index in [0.717, 1.165) is 55.7 Å². The van der Waals surface area contributed by atoms with Crippen LogP contribution in [0.1, 0.15) is 11.1 Å². The molecule has 0 spiro atoms. The third kappa shape index (κ3) is 5.60. The summed E-state index contributed by atoms with van der Waals surface area (Å²) in [7, 11) is 0. The fourth-order valence-corrected chi connectivity index (χ4v) is 12.8. The summed E-state index contributed by atoms with van der Waals surface area (Å²) in [6, 6.07) is 69.8. The Balaban J connectivity index is 0.984. The average molecular weight is 802 g/mol. The predicted octanol–water partition coefficient (Wildman–Crippen LogP) is 12.7. The molecular weight excluding hydrogens is 766 g/mol. The molecule has 5 heteroatoms. The Hall–Kier alpha value is -6.97. The third-order valence-corrected chi connectivity index (χ3v) is 17.0. The van der Waals surface area contributed by atoms with Crippen molar-refractivity contribution in [2.75, 3.05) is 0 Å². The molecule has 9 aromatic carbocycles. The zero-order valence-electron chi connectivity index (χ0n) is 32.5. The van der Waals surface area contributed by atoms with Gasteiger partial charge in [0.2, 0.25) is 0 Å². The van der Waals surface area contributed by atoms with Crippen molar-refractivity contribution in [1.82, 2.24) is 14.4 Å². The monoisotopic (exact) mass is 801 g/mol. The number of rotatable bonds is 6. The van der Waals surface area contributed by atoms with Gasteiger partial charge in [-0.05, 0) is 96.4 Å². The first kappa shape index (κ1) is 35.0. The lowest BCUT2D eigenvalue weighted by Crippen LogP contribution is -2.26. The second kappa shape index (κ2) is 13.8. The molecule has 0 aliphatic carbocycles. The summed E-state index contributed by atoms with van der Waals surface area (Å²) in [5.74, 6) is 0. The van der Waals surface area contributed by atoms with Crippen molar-refractivity contribution in [2.45, 2.75) is 6.42 Å². The van der Waals surface area contributed by atoms with E-state index in [1.165, 1.54) is 59.7 Å². The van der Waals surface area contributed by atoms with Gasteiger partial charge < -0.3 is 0 Å². The quantitative estimate of drug-likeness (QED) is 0.124. The van der Waals surface area contributed by atoms with E-state index in [9.17, 15) is 0 Å². The smallest absolute Gasteiger partial charge is 0.146 e. The van der Waals surface area contributed by atoms with Gasteiger partial charge >= 0.3 is 0 Å². The maximum atomic E-state index is 6.73. The average Bonchev–Trinajstić information content (AvgIpc) is 3.70. The van der Waals surface area contributed by atoms with Crippen LogP contribution in [0.4, 0.5) is 0 Å². The number of aromatic nitrogens is 3. The second-order valence-corrected chi connectivity index (χ2v) is 20.1. The molecule has 0 fully saturated rings. The lowest BCUT2D eigenvalue weighted by molar-refractivity contribution is 1.20. The fourth-order valence-electron chi connectivity index (χ4n) is 9.25. The summed E-state index contributed by atoms with van der Waals surface area (Å²) >= 11 is 6.73. The normalized spacial score (nSPS) is 12.9. The molecule has 3 heterocycles. The molecule has 0 N–H and O–H groups in total. The fraction of sp³-hybridized carbons (Fsp3) is 0.0182. The Bertz CT molecular complexity index is 3720. The minimum atomic E-state index is -2.44. The van der Waals surface area contributed by atoms with Crippen molar-refractivity contribution in [3.63, 3.8) is 0 Å². The van der Waals surface area contributed by atoms with Crippen LogP contribution in [-0.4, -0.2) is 14.4 Å². The first-order valence-corrected chi connectivity index (χ1v) is 23.2. The molecule has 12 rings (SSSR count). The largest absolute Gasteiger partial charge is 0.291 e. The highest BCUT2D eigenvalue weighted by Gasteiger charge is 2.27. The highest BCUT2D eigenvalue weighted by Crippen LogP contribution is 2.43. The first-order chi connectivity index (χ1) is 29.6. The summed E-state index contributed by atoms with van der Waals surface area (Å²) in [4.78, 5) is 10.5. The number of pyridine rings is 2. The van der Waals surface area contributed by atoms with Crippen LogP contribution in [0.5, 0.6) is 0 Å². The van der Waals surface area contributed by atoms with Gasteiger partial charge in [-0.3, -0.25) is 9.38 Å². The minimum Gasteiger partial charge on any atom is -0.291 e. The predicted molar refractivity (Wildman–Crippen MR) is 259 cm³/mol. The van der Waals surface area contributed by atoms with E-state index in [0.29, 0.717) is 0 Å². The van der Waals surface area contributed by atoms with Crippen LogP contribution in [0.2, 0.25) is 0 Å². The van der Waals surface area contributed by atoms with Gasteiger partial charge in [0.1, 0.15) is 5.65 Å². The van der Waals surface area contributed by atoms with Gasteiger partial charge in [-0.2, -0.15) is 0 Å². The highest BCUT2D eigenvalue weighted by molar-refractivity contribution is 8.25. The number of imidazole rings is 1. The first-order valence-electron chi connectivity index (χ1n) is 20.4. The van der Waals surface area contributed by atoms with Gasteiger partial charge in [-0.15, -0.1) is 0 Å². The van der Waals surface area contributed by atoms with Gasteiger partial charge in [0, 0.05) is 27.9 Å². The highest BCUT2D eigenvalue weighted by atomic mass is 32.4. The number of benzene rings is 9. The SMILES string of the molecule is S=P(c1ccccc1)(c1ccc2ccccc2c1)c1ccc(-c2ccc3c(ccc4c5ccccc5c5nc6ccc(Cc7ccc8ccccc8c7)cc6n5c34)c2)cn1. The Kier molecular flexibility index (Phi) is 8.06. The number of nitrogens with zero attached hydrogens (tertiary/aromatic N) is 3. The third-order valence-electron chi connectivity index (χ3n) is 12.2. The molecule has 1 atom stereocenters. The molecule has 0 saturated carbocycles. The summed E-state index contributed by atoms with van der Waals surface area (Å²) < 4.78 is 2.40. The molecule has 1 unspecified atom stereocenters. The van der Waals surface area contributed by atoms with Crippen molar-refractivity contribution < 1.29 is 0 Å². The Morgan fingerprint density at radius 3 is 1.90 bits per heavy atom. The lowest BCUT2D eigenvalue weighted by Gasteiger charge is -2.23. The van der Waals surface area contributed by atoms with Crippen LogP contribution < -0.4 is 16.0 Å². The minimum absolute atomic E-state index is 0.846. The summed E-state index contributed by atoms with van der Waals surface area (Å²) in [5.41, 5.74) is 9.94. The van der Waals surface area contributed by atoms with Crippen LogP contribution in [0.25, 0.3) is 81.8 Å². The molecule has 3 nitrogen and oxygen atoms in total. The van der Waals surface area contributed by atoms with Crippen molar-refractivity contribution in [3.05, 3.63) is 218 Å². The summed E-state index contributed by atoms with van der Waals surface area (Å²) in [6.45, 7) is 0. The number of hydrogen-bond donors (Lipinski definition) is 0. The van der Waals surface area contributed by atoms with E-state index in [-0.39, 0.29) is 0 Å². The zero-order chi connectivity index (χ0) is 39.8. The van der Waals surface area contributed by atoms with Crippen LogP contribution in [0.3, 0.4) is 0 Å². The summed E-state index contributed by atoms with van der Waals surface area (Å²) in [5, 5.41) is 13.1. The van der Waals surface area contributed by atoms with E-state index in [1.807, 2.05) is 6.20 Å². The van der Waals surface area contributed by atoms with E-state index in [1.54, 1.807) is 0 Å². The zero-order valence-corrected chi connectivity index (χ0v) is 34.2. The van der Waals surface area contributed by atoms with Gasteiger partial charge in [0.05, 0.1) is 28.0 Å². The van der Waals surface area contributed by atoms with Crippen molar-refractivity contribution in [3.8, 4) is 11.1 Å². The molecule has 0 aliphatic rings. The lowest BCUT2D eigenvalue weighted by atomic mass is 9.98. The topological polar surface area (TPSA) is 30.2 Å². The Morgan fingerprint density at radius 2 is 1.10 bits per heavy atom. The van der Waals surface area contributed by atoms with Crippen LogP contribution in [0.15, 0.2) is 206 Å². The van der Waals surface area contributed by atoms with E-state index in [4.69, 9.17) is 21.8 Å². The maximum Gasteiger partial charge on any atom is 0.146 e. The molecule has 0 radical (unpaired) electrons. The molecule has 12 aromatic rings. The van der Waals surface area contributed by atoms with E-state index in [2.05, 4.69) is 205 Å². The van der Waals surface area contributed by atoms with Crippen molar-refractivity contribution in [2.24, 2.45) is 0 Å². The molecule has 60 heavy (non-hydrogen) atoms. The van der Waals surface area contributed by atoms with Gasteiger partial charge in [0.25, 0.3) is 0 Å². The van der Waals surface area contributed by atoms with E-state index >= 15 is 0 Å². The van der Waals surface area contributed by atoms with Gasteiger partial charge in [0.15, 0.2) is 0 Å². The maximum absolute atomic E-state index is 6.73. The van der Waals surface area contributed by atoms with Crippen LogP contribution in [0, 0.1) is 0 Å². The molecule has 0 bridgehead atoms. The molecule has 0 amide bonds. The Labute approximate surface area is 352 Å². The second-order valence-electron chi connectivity index (χ2n) is 15.8. The Morgan fingerprint density at radius 1 is 0.450 bits per heavy atom. The molecule has 282 valence electrons. The van der Waals surface area contributed by atoms with Crippen LogP contribution >= 0.6 is 6.04 Å². The standard InChI is InChI=1S/C55H36N3PS/c60-59(45-14-2-1-3-15-45,46-25-21-39-11-5-7-13-41(39)34-46)53-29-24-44(35-56-53)42-22-26-47-43(33-42)23-27-49-48-16-8-9-17-50(48)55-57-51-28-19-37(32-52(51)58(55)54(47)49)30-36-18-20-38-10-4-6-12-40(38)31-36/h1-29,31-35H,30H2. The van der Waals surface area contributed by atoms with E-state index < -0.39 is 6.04 Å². The van der Waals surface area contributed by atoms with Gasteiger partial charge in [-0.25, -0.2) is 4.98 Å². The molecular formula is C55H36N3PS. The number of fused-ring (bicyclic) bond motifs is 12. The van der Waals surface area contributed by atoms with Crippen molar-refractivity contribution >= 4 is 105 Å². The van der Waals surface area contributed by atoms with Crippen molar-refractivity contribution in [1.29, 1.82) is 0 Å². The van der Waals surface area contributed by atoms with Gasteiger partial charge in [-0.1, -0.05) is 182 Å². The molecule has 0 aliphatic heterocycles. The summed E-state index contributed by atoms with van der Waals surface area (Å²) in [6.07, 6.45) is 2.85. The molecule has 0 saturated heterocycles. The molecule has 3 aromatic heterocycles. The van der Waals surface area contributed by atoms with Crippen LogP contribution in [-0.2, 0) is 18.2 Å².